The molecule has 0 atom stereocenters. The van der Waals surface area contributed by atoms with Gasteiger partial charge in [0.2, 0.25) is 15.8 Å². The number of fused-ring (bicyclic) bond motifs is 1. The molecule has 3 heterocycles. The first-order valence-corrected chi connectivity index (χ1v) is 11.8. The zero-order chi connectivity index (χ0) is 22.5. The van der Waals surface area contributed by atoms with Crippen molar-refractivity contribution < 1.29 is 12.9 Å². The first-order chi connectivity index (χ1) is 15.3. The molecule has 9 heteroatoms. The summed E-state index contributed by atoms with van der Waals surface area (Å²) in [6.07, 6.45) is 0.558. The molecule has 0 saturated heterocycles. The molecule has 32 heavy (non-hydrogen) atoms. The zero-order valence-electron chi connectivity index (χ0n) is 18.1. The summed E-state index contributed by atoms with van der Waals surface area (Å²) in [5, 5.41) is 8.67. The molecule has 2 aromatic heterocycles. The molecule has 4 aromatic rings. The van der Waals surface area contributed by atoms with Crippen LogP contribution in [0, 0.1) is 13.8 Å². The van der Waals surface area contributed by atoms with Gasteiger partial charge in [-0.25, -0.2) is 8.42 Å². The molecule has 8 nitrogen and oxygen atoms in total. The van der Waals surface area contributed by atoms with Gasteiger partial charge in [-0.05, 0) is 37.1 Å². The minimum atomic E-state index is -3.65. The lowest BCUT2D eigenvalue weighted by molar-refractivity contribution is 0.385. The minimum Gasteiger partial charge on any atom is -0.332 e. The molecule has 0 fully saturated rings. The Morgan fingerprint density at radius 3 is 2.47 bits per heavy atom. The van der Waals surface area contributed by atoms with E-state index < -0.39 is 10.0 Å². The fourth-order valence-electron chi connectivity index (χ4n) is 4.20. The van der Waals surface area contributed by atoms with E-state index >= 15 is 0 Å². The van der Waals surface area contributed by atoms with Crippen LogP contribution in [0.15, 0.2) is 57.9 Å². The quantitative estimate of drug-likeness (QED) is 0.473. The molecule has 0 amide bonds. The van der Waals surface area contributed by atoms with Crippen molar-refractivity contribution in [3.05, 3.63) is 70.9 Å². The smallest absolute Gasteiger partial charge is 0.279 e. The van der Waals surface area contributed by atoms with Crippen LogP contribution in [0.1, 0.15) is 22.4 Å². The number of nitrogens with zero attached hydrogens (tertiary/aromatic N) is 5. The second-order valence-electron chi connectivity index (χ2n) is 8.10. The van der Waals surface area contributed by atoms with Crippen molar-refractivity contribution in [2.75, 3.05) is 6.54 Å². The summed E-state index contributed by atoms with van der Waals surface area (Å²) in [5.74, 6) is 0.752. The summed E-state index contributed by atoms with van der Waals surface area (Å²) in [6, 6.07) is 14.9. The van der Waals surface area contributed by atoms with Gasteiger partial charge in [0, 0.05) is 43.4 Å². The van der Waals surface area contributed by atoms with E-state index in [1.54, 1.807) is 16.8 Å². The van der Waals surface area contributed by atoms with Crippen molar-refractivity contribution in [2.24, 2.45) is 7.05 Å². The Balaban J connectivity index is 1.51. The van der Waals surface area contributed by atoms with Gasteiger partial charge >= 0.3 is 0 Å². The Hall–Kier alpha value is -3.30. The van der Waals surface area contributed by atoms with E-state index in [9.17, 15) is 8.42 Å². The van der Waals surface area contributed by atoms with Crippen LogP contribution in [-0.2, 0) is 30.0 Å². The van der Waals surface area contributed by atoms with Crippen LogP contribution in [0.25, 0.3) is 23.0 Å². The van der Waals surface area contributed by atoms with Crippen LogP contribution < -0.4 is 0 Å². The average Bonchev–Trinajstić information content (AvgIpc) is 3.38. The van der Waals surface area contributed by atoms with Gasteiger partial charge in [-0.3, -0.25) is 4.68 Å². The lowest BCUT2D eigenvalue weighted by Gasteiger charge is -2.27. The second-order valence-corrected chi connectivity index (χ2v) is 10.0. The van der Waals surface area contributed by atoms with E-state index in [0.29, 0.717) is 29.4 Å². The molecule has 2 aromatic carbocycles. The Morgan fingerprint density at radius 1 is 1.03 bits per heavy atom. The predicted molar refractivity (Wildman–Crippen MR) is 119 cm³/mol. The van der Waals surface area contributed by atoms with Gasteiger partial charge < -0.3 is 4.52 Å². The van der Waals surface area contributed by atoms with Crippen LogP contribution in [0.5, 0.6) is 0 Å². The number of aromatic nitrogens is 4. The highest BCUT2D eigenvalue weighted by Gasteiger charge is 2.33. The van der Waals surface area contributed by atoms with Crippen molar-refractivity contribution in [3.8, 4) is 23.0 Å². The molecular weight excluding hydrogens is 426 g/mol. The van der Waals surface area contributed by atoms with Gasteiger partial charge in [-0.2, -0.15) is 14.4 Å². The van der Waals surface area contributed by atoms with Crippen LogP contribution in [-0.4, -0.2) is 39.2 Å². The molecule has 0 saturated carbocycles. The van der Waals surface area contributed by atoms with E-state index in [4.69, 9.17) is 4.52 Å². The molecule has 164 valence electrons. The zero-order valence-corrected chi connectivity index (χ0v) is 18.9. The van der Waals surface area contributed by atoms with E-state index in [0.717, 1.165) is 27.9 Å². The highest BCUT2D eigenvalue weighted by molar-refractivity contribution is 7.89. The Morgan fingerprint density at radius 2 is 1.75 bits per heavy atom. The number of benzene rings is 2. The van der Waals surface area contributed by atoms with Gasteiger partial charge in [0.1, 0.15) is 0 Å². The normalized spacial score (nSPS) is 14.5. The third-order valence-corrected chi connectivity index (χ3v) is 7.52. The van der Waals surface area contributed by atoms with Crippen LogP contribution in [0.3, 0.4) is 0 Å². The van der Waals surface area contributed by atoms with Crippen molar-refractivity contribution in [2.45, 2.75) is 31.7 Å². The Bertz CT molecular complexity index is 1390. The van der Waals surface area contributed by atoms with Crippen molar-refractivity contribution in [3.63, 3.8) is 0 Å². The highest BCUT2D eigenvalue weighted by atomic mass is 32.2. The predicted octanol–water partition coefficient (Wildman–Crippen LogP) is 3.50. The van der Waals surface area contributed by atoms with Gasteiger partial charge in [-0.15, -0.1) is 0 Å². The van der Waals surface area contributed by atoms with Crippen molar-refractivity contribution in [1.82, 2.24) is 24.2 Å². The van der Waals surface area contributed by atoms with Crippen LogP contribution >= 0.6 is 0 Å². The summed E-state index contributed by atoms with van der Waals surface area (Å²) in [7, 11) is -1.80. The first-order valence-electron chi connectivity index (χ1n) is 10.4. The van der Waals surface area contributed by atoms with Crippen molar-refractivity contribution >= 4 is 10.0 Å². The number of hydrogen-bond acceptors (Lipinski definition) is 6. The lowest BCUT2D eigenvalue weighted by Crippen LogP contribution is -2.36. The molecule has 0 spiro atoms. The van der Waals surface area contributed by atoms with E-state index in [1.165, 1.54) is 4.31 Å². The van der Waals surface area contributed by atoms with Gasteiger partial charge in [0.15, 0.2) is 5.69 Å². The maximum atomic E-state index is 13.4. The minimum absolute atomic E-state index is 0.205. The topological polar surface area (TPSA) is 94.1 Å². The number of sulfonamides is 1. The lowest BCUT2D eigenvalue weighted by atomic mass is 10.1. The summed E-state index contributed by atoms with van der Waals surface area (Å²) in [6.45, 7) is 4.40. The molecule has 0 unspecified atom stereocenters. The third-order valence-electron chi connectivity index (χ3n) is 5.70. The maximum absolute atomic E-state index is 13.4. The number of hydrogen-bond donors (Lipinski definition) is 0. The molecule has 5 rings (SSSR count). The van der Waals surface area contributed by atoms with Crippen LogP contribution in [0.4, 0.5) is 0 Å². The highest BCUT2D eigenvalue weighted by Crippen LogP contribution is 2.32. The molecule has 0 aliphatic carbocycles. The summed E-state index contributed by atoms with van der Waals surface area (Å²) >= 11 is 0. The second kappa shape index (κ2) is 7.68. The summed E-state index contributed by atoms with van der Waals surface area (Å²) in [5.41, 5.74) is 4.98. The van der Waals surface area contributed by atoms with Gasteiger partial charge in [0.05, 0.1) is 4.90 Å². The number of rotatable bonds is 4. The average molecular weight is 450 g/mol. The first kappa shape index (κ1) is 20.6. The van der Waals surface area contributed by atoms with Gasteiger partial charge in [0.25, 0.3) is 5.89 Å². The number of aryl methyl sites for hydroxylation is 3. The molecule has 1 aliphatic heterocycles. The molecular formula is C23H23N5O3S. The fourth-order valence-corrected chi connectivity index (χ4v) is 5.80. The Labute approximate surface area is 186 Å². The monoisotopic (exact) mass is 449 g/mol. The third kappa shape index (κ3) is 3.53. The molecule has 0 bridgehead atoms. The fraction of sp³-hybridized carbons (Fsp3) is 0.261. The summed E-state index contributed by atoms with van der Waals surface area (Å²) in [4.78, 5) is 4.83. The van der Waals surface area contributed by atoms with E-state index in [-0.39, 0.29) is 12.4 Å². The SMILES string of the molecule is Cc1cc(C)cc(S(=O)(=O)N2CCc3c(c(-c4nc(-c5ccccc5)no4)nn3C)C2)c1. The van der Waals surface area contributed by atoms with Crippen molar-refractivity contribution in [1.29, 1.82) is 0 Å². The van der Waals surface area contributed by atoms with E-state index in [2.05, 4.69) is 15.2 Å². The molecule has 1 aliphatic rings. The van der Waals surface area contributed by atoms with E-state index in [1.807, 2.05) is 57.3 Å². The molecule has 0 N–H and O–H groups in total. The van der Waals surface area contributed by atoms with Crippen LogP contribution in [0.2, 0.25) is 0 Å². The van der Waals surface area contributed by atoms with Gasteiger partial charge in [-0.1, -0.05) is 41.6 Å². The Kier molecular flexibility index (Phi) is 4.94. The molecule has 0 radical (unpaired) electrons. The standard InChI is InChI=1S/C23H23N5O3S/c1-15-11-16(2)13-18(12-15)32(29,30)28-10-9-20-19(14-28)21(25-27(20)3)23-24-22(26-31-23)17-7-5-4-6-8-17/h4-8,11-13H,9-10,14H2,1-3H3. The maximum Gasteiger partial charge on any atom is 0.279 e. The summed E-state index contributed by atoms with van der Waals surface area (Å²) < 4.78 is 35.6. The largest absolute Gasteiger partial charge is 0.332 e.